The number of aryl methyl sites for hydroxylation is 2. The van der Waals surface area contributed by atoms with Crippen molar-refractivity contribution in [3.8, 4) is 0 Å². The summed E-state index contributed by atoms with van der Waals surface area (Å²) in [6.07, 6.45) is 2.57. The molecule has 1 N–H and O–H groups in total. The second kappa shape index (κ2) is 7.46. The molecule has 0 aliphatic heterocycles. The summed E-state index contributed by atoms with van der Waals surface area (Å²) in [5.41, 5.74) is 2.18. The van der Waals surface area contributed by atoms with Crippen molar-refractivity contribution in [1.82, 2.24) is 15.5 Å². The lowest BCUT2D eigenvalue weighted by Crippen LogP contribution is -2.35. The molecule has 0 aliphatic rings. The SMILES string of the molecule is CCc1nnc(C)cc1C(=O)NC(CC)CCBr. The minimum atomic E-state index is -0.0438. The Bertz CT molecular complexity index is 409. The minimum absolute atomic E-state index is 0.0438. The van der Waals surface area contributed by atoms with Crippen molar-refractivity contribution in [2.24, 2.45) is 0 Å². The van der Waals surface area contributed by atoms with Gasteiger partial charge in [0.25, 0.3) is 5.91 Å². The smallest absolute Gasteiger partial charge is 0.253 e. The van der Waals surface area contributed by atoms with Gasteiger partial charge in [-0.2, -0.15) is 10.2 Å². The summed E-state index contributed by atoms with van der Waals surface area (Å²) in [6.45, 7) is 5.90. The van der Waals surface area contributed by atoms with Gasteiger partial charge in [0.1, 0.15) is 0 Å². The number of carbonyl (C=O) groups excluding carboxylic acids is 1. The highest BCUT2D eigenvalue weighted by Crippen LogP contribution is 2.09. The average molecular weight is 314 g/mol. The van der Waals surface area contributed by atoms with Crippen LogP contribution in [0.2, 0.25) is 0 Å². The number of amides is 1. The molecule has 1 amide bonds. The lowest BCUT2D eigenvalue weighted by Gasteiger charge is -2.16. The Balaban J connectivity index is 2.85. The molecule has 0 aliphatic carbocycles. The van der Waals surface area contributed by atoms with E-state index < -0.39 is 0 Å². The first-order valence-corrected chi connectivity index (χ1v) is 7.44. The largest absolute Gasteiger partial charge is 0.349 e. The number of nitrogens with one attached hydrogen (secondary N) is 1. The molecule has 1 aromatic heterocycles. The van der Waals surface area contributed by atoms with E-state index in [2.05, 4.69) is 38.4 Å². The fraction of sp³-hybridized carbons (Fsp3) is 0.615. The van der Waals surface area contributed by atoms with Gasteiger partial charge in [-0.15, -0.1) is 0 Å². The first-order chi connectivity index (χ1) is 8.62. The van der Waals surface area contributed by atoms with Crippen molar-refractivity contribution in [2.75, 3.05) is 5.33 Å². The molecule has 1 unspecified atom stereocenters. The fourth-order valence-corrected chi connectivity index (χ4v) is 2.30. The van der Waals surface area contributed by atoms with Crippen LogP contribution >= 0.6 is 15.9 Å². The van der Waals surface area contributed by atoms with Crippen LogP contribution in [0.4, 0.5) is 0 Å². The standard InChI is InChI=1S/C13H20BrN3O/c1-4-10(6-7-14)15-13(18)11-8-9(3)16-17-12(11)5-2/h8,10H,4-7H2,1-3H3,(H,15,18). The van der Waals surface area contributed by atoms with Crippen LogP contribution in [-0.4, -0.2) is 27.5 Å². The van der Waals surface area contributed by atoms with E-state index in [0.29, 0.717) is 12.0 Å². The lowest BCUT2D eigenvalue weighted by molar-refractivity contribution is 0.0933. The van der Waals surface area contributed by atoms with E-state index in [9.17, 15) is 4.79 Å². The van der Waals surface area contributed by atoms with Crippen molar-refractivity contribution >= 4 is 21.8 Å². The monoisotopic (exact) mass is 313 g/mol. The number of hydrogen-bond acceptors (Lipinski definition) is 3. The number of nitrogens with zero attached hydrogens (tertiary/aromatic N) is 2. The van der Waals surface area contributed by atoms with Crippen molar-refractivity contribution in [3.05, 3.63) is 23.0 Å². The molecule has 0 aromatic carbocycles. The number of halogens is 1. The summed E-state index contributed by atoms with van der Waals surface area (Å²) in [7, 11) is 0. The molecule has 18 heavy (non-hydrogen) atoms. The van der Waals surface area contributed by atoms with Crippen molar-refractivity contribution < 1.29 is 4.79 Å². The van der Waals surface area contributed by atoms with E-state index in [1.165, 1.54) is 0 Å². The maximum Gasteiger partial charge on any atom is 0.253 e. The Morgan fingerprint density at radius 3 is 2.72 bits per heavy atom. The molecular weight excluding hydrogens is 294 g/mol. The van der Waals surface area contributed by atoms with Gasteiger partial charge in [0.05, 0.1) is 17.0 Å². The van der Waals surface area contributed by atoms with Crippen LogP contribution in [0, 0.1) is 6.92 Å². The van der Waals surface area contributed by atoms with Crippen LogP contribution in [-0.2, 0) is 6.42 Å². The number of aromatic nitrogens is 2. The van der Waals surface area contributed by atoms with Gasteiger partial charge < -0.3 is 5.32 Å². The third-order valence-corrected chi connectivity index (χ3v) is 3.32. The second-order valence-electron chi connectivity index (χ2n) is 4.26. The third-order valence-electron chi connectivity index (χ3n) is 2.86. The maximum absolute atomic E-state index is 12.2. The van der Waals surface area contributed by atoms with Crippen molar-refractivity contribution in [3.63, 3.8) is 0 Å². The Morgan fingerprint density at radius 1 is 1.44 bits per heavy atom. The summed E-state index contributed by atoms with van der Waals surface area (Å²) in [5, 5.41) is 12.0. The van der Waals surface area contributed by atoms with E-state index in [1.54, 1.807) is 0 Å². The predicted octanol–water partition coefficient (Wildman–Crippen LogP) is 2.64. The highest BCUT2D eigenvalue weighted by atomic mass is 79.9. The molecule has 0 radical (unpaired) electrons. The quantitative estimate of drug-likeness (QED) is 0.821. The van der Waals surface area contributed by atoms with Crippen molar-refractivity contribution in [2.45, 2.75) is 46.1 Å². The third kappa shape index (κ3) is 4.05. The van der Waals surface area contributed by atoms with E-state index in [-0.39, 0.29) is 11.9 Å². The summed E-state index contributed by atoms with van der Waals surface area (Å²) in [4.78, 5) is 12.2. The van der Waals surface area contributed by atoms with E-state index in [4.69, 9.17) is 0 Å². The molecule has 0 spiro atoms. The highest BCUT2D eigenvalue weighted by Gasteiger charge is 2.16. The first-order valence-electron chi connectivity index (χ1n) is 6.32. The molecule has 0 bridgehead atoms. The number of alkyl halides is 1. The highest BCUT2D eigenvalue weighted by molar-refractivity contribution is 9.09. The molecular formula is C13H20BrN3O. The molecule has 5 heteroatoms. The van der Waals surface area contributed by atoms with Crippen LogP contribution in [0.15, 0.2) is 6.07 Å². The average Bonchev–Trinajstić information content (AvgIpc) is 2.38. The van der Waals surface area contributed by atoms with Gasteiger partial charge in [-0.25, -0.2) is 0 Å². The van der Waals surface area contributed by atoms with Gasteiger partial charge in [0.2, 0.25) is 0 Å². The Kier molecular flexibility index (Phi) is 6.25. The van der Waals surface area contributed by atoms with Crippen LogP contribution in [0.3, 0.4) is 0 Å². The molecule has 1 rings (SSSR count). The zero-order chi connectivity index (χ0) is 13.5. The summed E-state index contributed by atoms with van der Waals surface area (Å²) in [6, 6.07) is 2.01. The molecule has 1 heterocycles. The Hall–Kier alpha value is -0.970. The van der Waals surface area contributed by atoms with Gasteiger partial charge in [-0.1, -0.05) is 29.8 Å². The maximum atomic E-state index is 12.2. The zero-order valence-electron chi connectivity index (χ0n) is 11.2. The summed E-state index contributed by atoms with van der Waals surface area (Å²) < 4.78 is 0. The number of carbonyl (C=O) groups is 1. The van der Waals surface area contributed by atoms with Crippen LogP contribution in [0.25, 0.3) is 0 Å². The topological polar surface area (TPSA) is 54.9 Å². The van der Waals surface area contributed by atoms with Crippen LogP contribution in [0.5, 0.6) is 0 Å². The minimum Gasteiger partial charge on any atom is -0.349 e. The van der Waals surface area contributed by atoms with E-state index in [0.717, 1.165) is 29.6 Å². The van der Waals surface area contributed by atoms with Crippen molar-refractivity contribution in [1.29, 1.82) is 0 Å². The number of hydrogen-bond donors (Lipinski definition) is 1. The first kappa shape index (κ1) is 15.1. The second-order valence-corrected chi connectivity index (χ2v) is 5.05. The molecule has 1 aromatic rings. The van der Waals surface area contributed by atoms with Gasteiger partial charge in [-0.05, 0) is 32.3 Å². The van der Waals surface area contributed by atoms with Crippen LogP contribution < -0.4 is 5.32 Å². The lowest BCUT2D eigenvalue weighted by atomic mass is 10.1. The molecule has 4 nitrogen and oxygen atoms in total. The molecule has 1 atom stereocenters. The molecule has 0 saturated carbocycles. The fourth-order valence-electron chi connectivity index (χ4n) is 1.75. The normalized spacial score (nSPS) is 12.2. The van der Waals surface area contributed by atoms with Gasteiger partial charge in [0, 0.05) is 11.4 Å². The number of rotatable bonds is 6. The predicted molar refractivity (Wildman–Crippen MR) is 76.1 cm³/mol. The van der Waals surface area contributed by atoms with Gasteiger partial charge >= 0.3 is 0 Å². The summed E-state index contributed by atoms with van der Waals surface area (Å²) in [5.74, 6) is -0.0438. The molecule has 0 saturated heterocycles. The van der Waals surface area contributed by atoms with Gasteiger partial charge in [-0.3, -0.25) is 4.79 Å². The summed E-state index contributed by atoms with van der Waals surface area (Å²) >= 11 is 3.40. The zero-order valence-corrected chi connectivity index (χ0v) is 12.7. The molecule has 0 fully saturated rings. The van der Waals surface area contributed by atoms with Crippen LogP contribution in [0.1, 0.15) is 48.4 Å². The van der Waals surface area contributed by atoms with Gasteiger partial charge in [0.15, 0.2) is 0 Å². The van der Waals surface area contributed by atoms with E-state index >= 15 is 0 Å². The van der Waals surface area contributed by atoms with E-state index in [1.807, 2.05) is 19.9 Å². The Morgan fingerprint density at radius 2 is 2.17 bits per heavy atom. The molecule has 100 valence electrons. The Labute approximate surface area is 117 Å².